The number of nitrogens with zero attached hydrogens (tertiary/aromatic N) is 4. The zero-order valence-electron chi connectivity index (χ0n) is 37.6. The Morgan fingerprint density at radius 3 is 1.57 bits per heavy atom. The van der Waals surface area contributed by atoms with E-state index in [1.54, 1.807) is 23.0 Å². The van der Waals surface area contributed by atoms with Crippen LogP contribution in [0, 0.1) is 0 Å². The molecule has 1 aliphatic heterocycles. The molecule has 2 saturated carbocycles. The lowest BCUT2D eigenvalue weighted by atomic mass is 9.87. The van der Waals surface area contributed by atoms with Gasteiger partial charge in [-0.2, -0.15) is 10.2 Å². The van der Waals surface area contributed by atoms with Crippen molar-refractivity contribution in [1.82, 2.24) is 20.0 Å². The largest absolute Gasteiger partial charge is 0.380 e. The maximum absolute atomic E-state index is 4.99. The van der Waals surface area contributed by atoms with Crippen LogP contribution in [0.1, 0.15) is 172 Å². The fraction of sp³-hybridized carbons (Fsp3) is 0.444. The summed E-state index contributed by atoms with van der Waals surface area (Å²) in [5, 5.41) is 15.8. The molecule has 0 bridgehead atoms. The summed E-state index contributed by atoms with van der Waals surface area (Å²) in [6.45, 7) is 18.5. The highest BCUT2D eigenvalue weighted by molar-refractivity contribution is 5.68. The molecule has 2 aromatic heterocycles. The second-order valence-electron chi connectivity index (χ2n) is 18.5. The lowest BCUT2D eigenvalue weighted by Gasteiger charge is -2.35. The van der Waals surface area contributed by atoms with Crippen molar-refractivity contribution in [1.29, 1.82) is 0 Å². The minimum atomic E-state index is 0. The highest BCUT2D eigenvalue weighted by Gasteiger charge is 2.49. The van der Waals surface area contributed by atoms with Crippen LogP contribution in [-0.4, -0.2) is 38.1 Å². The minimum absolute atomic E-state index is 0. The van der Waals surface area contributed by atoms with Gasteiger partial charge in [0.05, 0.1) is 17.4 Å². The van der Waals surface area contributed by atoms with Gasteiger partial charge in [-0.25, -0.2) is 0 Å². The summed E-state index contributed by atoms with van der Waals surface area (Å²) in [5.74, 6) is 2.25. The van der Waals surface area contributed by atoms with Gasteiger partial charge >= 0.3 is 0 Å². The zero-order valence-corrected chi connectivity index (χ0v) is 37.6. The molecule has 334 valence electrons. The molecule has 6 aromatic rings. The molecule has 3 aliphatic rings. The van der Waals surface area contributed by atoms with Gasteiger partial charge in [0.1, 0.15) is 0 Å². The quantitative estimate of drug-likeness (QED) is 0.135. The van der Waals surface area contributed by atoms with Crippen LogP contribution < -0.4 is 10.2 Å². The third-order valence-corrected chi connectivity index (χ3v) is 13.0. The number of anilines is 2. The Labute approximate surface area is 374 Å². The third kappa shape index (κ3) is 10.1. The van der Waals surface area contributed by atoms with Gasteiger partial charge in [0.2, 0.25) is 0 Å². The molecular formula is C54H88N6. The second kappa shape index (κ2) is 20.0. The van der Waals surface area contributed by atoms with E-state index in [4.69, 9.17) is 5.10 Å². The lowest BCUT2D eigenvalue weighted by Crippen LogP contribution is -2.35. The average Bonchev–Trinajstić information content (AvgIpc) is 3.56. The normalized spacial score (nSPS) is 19.7. The predicted octanol–water partition coefficient (Wildman–Crippen LogP) is 16.7. The zero-order chi connectivity index (χ0) is 42.2. The van der Waals surface area contributed by atoms with Crippen LogP contribution in [0.4, 0.5) is 11.4 Å². The fourth-order valence-corrected chi connectivity index (χ4v) is 9.67. The SMILES string of the molecule is CC(C)c1cccc(C(C)C)c1N1C2CCCCC21.CC(C)c1cccc(C(C)C)c1N[C@H]1CCCC[C@@H]1n1ccc(-c2ccccc2)n1.[HH].[HH].[HH].[HH].[HH].[HH].[HH].[HH].[HH].c1ccc(-c2ccn[nH]2)cc1. The lowest BCUT2D eigenvalue weighted by molar-refractivity contribution is 0.301. The van der Waals surface area contributed by atoms with E-state index in [0.29, 0.717) is 35.8 Å². The first-order chi connectivity index (χ1) is 29.1. The molecule has 4 aromatic carbocycles. The van der Waals surface area contributed by atoms with Crippen molar-refractivity contribution in [2.24, 2.45) is 0 Å². The van der Waals surface area contributed by atoms with E-state index in [0.717, 1.165) is 23.5 Å². The van der Waals surface area contributed by atoms with Crippen LogP contribution >= 0.6 is 0 Å². The summed E-state index contributed by atoms with van der Waals surface area (Å²) in [6.07, 6.45) is 14.5. The number of aromatic nitrogens is 4. The molecule has 2 aliphatic carbocycles. The van der Waals surface area contributed by atoms with E-state index in [-0.39, 0.29) is 12.8 Å². The molecule has 4 atom stereocenters. The van der Waals surface area contributed by atoms with Gasteiger partial charge in [0, 0.05) is 60.3 Å². The smallest absolute Gasteiger partial charge is 0.0923 e. The Morgan fingerprint density at radius 1 is 0.550 bits per heavy atom. The van der Waals surface area contributed by atoms with Gasteiger partial charge in [0.15, 0.2) is 0 Å². The van der Waals surface area contributed by atoms with Crippen LogP contribution in [0.15, 0.2) is 122 Å². The number of nitrogens with one attached hydrogen (secondary N) is 2. The van der Waals surface area contributed by atoms with Crippen molar-refractivity contribution >= 4 is 11.4 Å². The van der Waals surface area contributed by atoms with Gasteiger partial charge in [-0.05, 0) is 89.3 Å². The van der Waals surface area contributed by atoms with Crippen molar-refractivity contribution in [3.8, 4) is 22.5 Å². The van der Waals surface area contributed by atoms with Crippen molar-refractivity contribution < 1.29 is 12.8 Å². The summed E-state index contributed by atoms with van der Waals surface area (Å²) < 4.78 is 2.21. The van der Waals surface area contributed by atoms with Crippen molar-refractivity contribution in [2.75, 3.05) is 10.2 Å². The van der Waals surface area contributed by atoms with Crippen LogP contribution in [0.25, 0.3) is 22.5 Å². The van der Waals surface area contributed by atoms with Crippen molar-refractivity contribution in [3.05, 3.63) is 144 Å². The molecule has 60 heavy (non-hydrogen) atoms. The van der Waals surface area contributed by atoms with Gasteiger partial charge in [-0.3, -0.25) is 9.78 Å². The Hall–Kier alpha value is -5.10. The molecule has 0 spiro atoms. The first kappa shape index (κ1) is 43.0. The maximum atomic E-state index is 4.99. The van der Waals surface area contributed by atoms with Crippen LogP contribution in [0.3, 0.4) is 0 Å². The van der Waals surface area contributed by atoms with Gasteiger partial charge in [-0.1, -0.05) is 178 Å². The molecule has 3 fully saturated rings. The van der Waals surface area contributed by atoms with E-state index < -0.39 is 0 Å². The van der Waals surface area contributed by atoms with E-state index in [1.807, 2.05) is 36.4 Å². The number of fused-ring (bicyclic) bond motifs is 1. The van der Waals surface area contributed by atoms with Crippen molar-refractivity contribution in [3.63, 3.8) is 0 Å². The van der Waals surface area contributed by atoms with E-state index in [9.17, 15) is 0 Å². The number of hydrogen-bond acceptors (Lipinski definition) is 4. The monoisotopic (exact) mass is 821 g/mol. The number of rotatable bonds is 10. The Morgan fingerprint density at radius 2 is 1.05 bits per heavy atom. The number of benzene rings is 4. The van der Waals surface area contributed by atoms with E-state index in [2.05, 4.69) is 159 Å². The maximum Gasteiger partial charge on any atom is 0.0923 e. The van der Waals surface area contributed by atoms with Gasteiger partial charge in [-0.15, -0.1) is 0 Å². The van der Waals surface area contributed by atoms with Crippen LogP contribution in [0.2, 0.25) is 0 Å². The minimum Gasteiger partial charge on any atom is -0.380 e. The Bertz CT molecular complexity index is 2170. The summed E-state index contributed by atoms with van der Waals surface area (Å²) >= 11 is 0. The number of hydrogen-bond donors (Lipinski definition) is 2. The molecule has 0 radical (unpaired) electrons. The Balaban J connectivity index is -0.000000972. The first-order valence-electron chi connectivity index (χ1n) is 23.1. The molecule has 1 saturated heterocycles. The molecule has 2 unspecified atom stereocenters. The second-order valence-corrected chi connectivity index (χ2v) is 18.5. The third-order valence-electron chi connectivity index (χ3n) is 13.0. The van der Waals surface area contributed by atoms with E-state index >= 15 is 0 Å². The first-order valence-corrected chi connectivity index (χ1v) is 23.1. The van der Waals surface area contributed by atoms with Gasteiger partial charge < -0.3 is 10.2 Å². The van der Waals surface area contributed by atoms with Crippen molar-refractivity contribution in [2.45, 2.75) is 155 Å². The molecule has 0 amide bonds. The molecule has 9 rings (SSSR count). The summed E-state index contributed by atoms with van der Waals surface area (Å²) in [5.41, 5.74) is 13.4. The summed E-state index contributed by atoms with van der Waals surface area (Å²) in [7, 11) is 0. The topological polar surface area (TPSA) is 61.5 Å². The van der Waals surface area contributed by atoms with E-state index in [1.165, 1.54) is 79.3 Å². The molecule has 6 heteroatoms. The summed E-state index contributed by atoms with van der Waals surface area (Å²) in [6, 6.07) is 40.9. The molecule has 6 nitrogen and oxygen atoms in total. The fourth-order valence-electron chi connectivity index (χ4n) is 9.67. The molecule has 2 N–H and O–H groups in total. The number of H-pyrrole nitrogens is 1. The van der Waals surface area contributed by atoms with Crippen LogP contribution in [0.5, 0.6) is 0 Å². The molecule has 3 heterocycles. The Kier molecular flexibility index (Phi) is 14.3. The highest BCUT2D eigenvalue weighted by Crippen LogP contribution is 2.49. The van der Waals surface area contributed by atoms with Gasteiger partial charge in [0.25, 0.3) is 0 Å². The summed E-state index contributed by atoms with van der Waals surface area (Å²) in [4.78, 5) is 2.75. The standard InChI is InChI=1S/C27H35N3.C18H27N.C9H8N2.9H2/c1-19(2)22-13-10-14-23(20(3)4)27(22)28-25-15-8-9-16-26(25)30-18-17-24(29-30)21-11-6-5-7-12-21;1-12(2)14-8-7-9-15(13(3)4)18(14)19-16-10-5-6-11-17(16)19;1-2-4-8(5-3-1)9-6-7-10-11-9;;;;;;;;;/h5-7,10-14,17-20,25-26,28H,8-9,15-16H2,1-4H3;7-9,12-13,16-17H,5-6,10-11H2,1-4H3;1-7H,(H,10,11);9*1H/t25-,26-;;;;;;;;;;;/m0.........../s1. The number of aromatic amines is 1. The highest BCUT2D eigenvalue weighted by atomic mass is 15.4. The number of para-hydroxylation sites is 2. The van der Waals surface area contributed by atoms with Crippen LogP contribution in [-0.2, 0) is 0 Å². The average molecular weight is 821 g/mol. The molecular weight excluding hydrogens is 733 g/mol. The predicted molar refractivity (Wildman–Crippen MR) is 273 cm³/mol.